The van der Waals surface area contributed by atoms with Gasteiger partial charge >= 0.3 is 0 Å². The molecule has 188 valence electrons. The number of aliphatic hydroxyl groups excluding tert-OH is 1. The molecule has 0 spiro atoms. The normalized spacial score (nSPS) is 16.6. The fourth-order valence-electron chi connectivity index (χ4n) is 4.65. The van der Waals surface area contributed by atoms with Crippen LogP contribution in [0.25, 0.3) is 12.2 Å². The van der Waals surface area contributed by atoms with E-state index in [9.17, 15) is 5.11 Å². The Balaban J connectivity index is 2.06. The maximum Gasteiger partial charge on any atom is 0.139 e. The molecule has 0 aliphatic carbocycles. The van der Waals surface area contributed by atoms with Gasteiger partial charge in [0.05, 0.1) is 46.2 Å². The van der Waals surface area contributed by atoms with Gasteiger partial charge in [-0.05, 0) is 52.0 Å². The molecule has 35 heavy (non-hydrogen) atoms. The first-order valence-electron chi connectivity index (χ1n) is 11.5. The maximum atomic E-state index is 10.9. The number of rotatable bonds is 7. The molecule has 4 rings (SSSR count). The highest BCUT2D eigenvalue weighted by molar-refractivity contribution is 5.77. The second-order valence-electron chi connectivity index (χ2n) is 9.69. The van der Waals surface area contributed by atoms with Crippen LogP contribution in [0.3, 0.4) is 0 Å². The molecule has 7 nitrogen and oxygen atoms in total. The Morgan fingerprint density at radius 1 is 0.686 bits per heavy atom. The van der Waals surface area contributed by atoms with Crippen molar-refractivity contribution in [2.24, 2.45) is 0 Å². The summed E-state index contributed by atoms with van der Waals surface area (Å²) in [5.41, 5.74) is 1.80. The van der Waals surface area contributed by atoms with Crippen LogP contribution in [-0.2, 0) is 0 Å². The van der Waals surface area contributed by atoms with Crippen LogP contribution in [0.4, 0.5) is 0 Å². The lowest BCUT2D eigenvalue weighted by atomic mass is 9.84. The molecule has 0 atom stereocenters. The molecular formula is C28H34O7. The topological polar surface area (TPSA) is 75.6 Å². The molecule has 2 heterocycles. The molecule has 2 aliphatic rings. The fraction of sp³-hybridized carbons (Fsp3) is 0.429. The third-order valence-corrected chi connectivity index (χ3v) is 6.36. The van der Waals surface area contributed by atoms with E-state index in [1.54, 1.807) is 28.4 Å². The molecule has 0 saturated heterocycles. The van der Waals surface area contributed by atoms with Crippen molar-refractivity contribution in [1.29, 1.82) is 0 Å². The number of hydrogen-bond acceptors (Lipinski definition) is 7. The summed E-state index contributed by atoms with van der Waals surface area (Å²) in [5.74, 6) is 2.88. The molecule has 0 unspecified atom stereocenters. The number of ether oxygens (including phenoxy) is 6. The van der Waals surface area contributed by atoms with Crippen molar-refractivity contribution in [2.75, 3.05) is 35.0 Å². The van der Waals surface area contributed by atoms with E-state index < -0.39 is 17.1 Å². The zero-order valence-electron chi connectivity index (χ0n) is 21.6. The van der Waals surface area contributed by atoms with Crippen molar-refractivity contribution in [3.63, 3.8) is 0 Å². The van der Waals surface area contributed by atoms with Crippen LogP contribution < -0.4 is 28.4 Å². The van der Waals surface area contributed by atoms with Crippen molar-refractivity contribution in [1.82, 2.24) is 0 Å². The molecule has 0 aromatic heterocycles. The van der Waals surface area contributed by atoms with Gasteiger partial charge in [0.1, 0.15) is 45.7 Å². The van der Waals surface area contributed by atoms with Gasteiger partial charge < -0.3 is 33.5 Å². The van der Waals surface area contributed by atoms with E-state index >= 15 is 0 Å². The Bertz CT molecular complexity index is 1100. The first-order chi connectivity index (χ1) is 16.6. The summed E-state index contributed by atoms with van der Waals surface area (Å²) in [4.78, 5) is 0. The van der Waals surface area contributed by atoms with E-state index in [-0.39, 0.29) is 6.61 Å². The minimum absolute atomic E-state index is 0.245. The third kappa shape index (κ3) is 4.29. The molecule has 0 fully saturated rings. The van der Waals surface area contributed by atoms with Crippen molar-refractivity contribution < 1.29 is 33.5 Å². The average molecular weight is 483 g/mol. The Hall–Kier alpha value is -3.32. The first-order valence-corrected chi connectivity index (χ1v) is 11.5. The molecule has 7 heteroatoms. The summed E-state index contributed by atoms with van der Waals surface area (Å²) in [6.45, 7) is 7.65. The van der Waals surface area contributed by atoms with Gasteiger partial charge in [0.25, 0.3) is 0 Å². The average Bonchev–Trinajstić information content (AvgIpc) is 2.82. The Morgan fingerprint density at radius 3 is 1.37 bits per heavy atom. The smallest absolute Gasteiger partial charge is 0.139 e. The maximum absolute atomic E-state index is 10.9. The van der Waals surface area contributed by atoms with Crippen LogP contribution in [0, 0.1) is 0 Å². The van der Waals surface area contributed by atoms with Crippen molar-refractivity contribution in [3.05, 3.63) is 46.5 Å². The first kappa shape index (κ1) is 24.8. The molecule has 0 amide bonds. The van der Waals surface area contributed by atoms with E-state index in [0.717, 1.165) is 11.1 Å². The molecule has 0 bridgehead atoms. The van der Waals surface area contributed by atoms with Crippen molar-refractivity contribution in [2.45, 2.75) is 44.8 Å². The number of methoxy groups -OCH3 is 4. The summed E-state index contributed by atoms with van der Waals surface area (Å²) in [6, 6.07) is 3.63. The van der Waals surface area contributed by atoms with E-state index in [1.807, 2.05) is 64.1 Å². The predicted octanol–water partition coefficient (Wildman–Crippen LogP) is 5.21. The van der Waals surface area contributed by atoms with Crippen LogP contribution >= 0.6 is 0 Å². The quantitative estimate of drug-likeness (QED) is 0.580. The summed E-state index contributed by atoms with van der Waals surface area (Å²) in [5, 5.41) is 10.9. The molecule has 2 aromatic rings. The van der Waals surface area contributed by atoms with Gasteiger partial charge in [-0.25, -0.2) is 0 Å². The summed E-state index contributed by atoms with van der Waals surface area (Å²) in [6.07, 6.45) is 7.93. The fourth-order valence-corrected chi connectivity index (χ4v) is 4.65. The van der Waals surface area contributed by atoms with E-state index in [1.165, 1.54) is 0 Å². The molecule has 0 saturated carbocycles. The zero-order chi connectivity index (χ0) is 25.5. The summed E-state index contributed by atoms with van der Waals surface area (Å²) >= 11 is 0. The zero-order valence-corrected chi connectivity index (χ0v) is 21.6. The van der Waals surface area contributed by atoms with Gasteiger partial charge in [-0.2, -0.15) is 0 Å². The number of fused-ring (bicyclic) bond motifs is 2. The van der Waals surface area contributed by atoms with Crippen molar-refractivity contribution in [3.8, 4) is 34.5 Å². The highest BCUT2D eigenvalue weighted by Crippen LogP contribution is 2.54. The predicted molar refractivity (Wildman–Crippen MR) is 136 cm³/mol. The van der Waals surface area contributed by atoms with Gasteiger partial charge in [-0.15, -0.1) is 0 Å². The SMILES string of the molecule is COc1cc(OC)c(C(CO)c2c(OC)cc(OC)c3c2OC(C)(C)C=C3)c2c1C=CC(C)(C)O2. The van der Waals surface area contributed by atoms with E-state index in [0.29, 0.717) is 45.6 Å². The lowest BCUT2D eigenvalue weighted by Gasteiger charge is -2.35. The second kappa shape index (κ2) is 9.04. The second-order valence-corrected chi connectivity index (χ2v) is 9.69. The Labute approximate surface area is 206 Å². The highest BCUT2D eigenvalue weighted by Gasteiger charge is 2.38. The van der Waals surface area contributed by atoms with Crippen LogP contribution in [0.1, 0.15) is 55.9 Å². The van der Waals surface area contributed by atoms with Gasteiger partial charge in [-0.1, -0.05) is 0 Å². The number of hydrogen-bond donors (Lipinski definition) is 1. The van der Waals surface area contributed by atoms with Crippen LogP contribution in [0.15, 0.2) is 24.3 Å². The summed E-state index contributed by atoms with van der Waals surface area (Å²) in [7, 11) is 6.39. The molecule has 2 aromatic carbocycles. The van der Waals surface area contributed by atoms with Gasteiger partial charge in [0, 0.05) is 29.2 Å². The minimum atomic E-state index is -0.594. The largest absolute Gasteiger partial charge is 0.496 e. The van der Waals surface area contributed by atoms with Crippen molar-refractivity contribution >= 4 is 12.2 Å². The van der Waals surface area contributed by atoms with Gasteiger partial charge in [0.2, 0.25) is 0 Å². The van der Waals surface area contributed by atoms with Crippen LogP contribution in [0.5, 0.6) is 34.5 Å². The third-order valence-electron chi connectivity index (χ3n) is 6.36. The van der Waals surface area contributed by atoms with Crippen LogP contribution in [0.2, 0.25) is 0 Å². The lowest BCUT2D eigenvalue weighted by molar-refractivity contribution is 0.149. The Morgan fingerprint density at radius 2 is 1.06 bits per heavy atom. The van der Waals surface area contributed by atoms with Gasteiger partial charge in [-0.3, -0.25) is 0 Å². The number of benzene rings is 2. The molecule has 1 N–H and O–H groups in total. The van der Waals surface area contributed by atoms with Crippen LogP contribution in [-0.4, -0.2) is 51.4 Å². The standard InChI is InChI=1S/C28H34O7/c1-27(2)11-9-16-19(30-5)13-21(32-7)23(25(16)34-27)18(15-29)24-22(33-8)14-20(31-6)17-10-12-28(3,4)35-26(17)24/h9-14,18,29H,15H2,1-8H3. The van der Waals surface area contributed by atoms with E-state index in [2.05, 4.69) is 0 Å². The lowest BCUT2D eigenvalue weighted by Crippen LogP contribution is -2.30. The van der Waals surface area contributed by atoms with Gasteiger partial charge in [0.15, 0.2) is 0 Å². The molecular weight excluding hydrogens is 448 g/mol. The monoisotopic (exact) mass is 482 g/mol. The molecule has 2 aliphatic heterocycles. The Kier molecular flexibility index (Phi) is 6.40. The highest BCUT2D eigenvalue weighted by atomic mass is 16.5. The molecule has 0 radical (unpaired) electrons. The van der Waals surface area contributed by atoms with E-state index in [4.69, 9.17) is 28.4 Å². The summed E-state index contributed by atoms with van der Waals surface area (Å²) < 4.78 is 35.8. The number of aliphatic hydroxyl groups is 1. The minimum Gasteiger partial charge on any atom is -0.496 e.